The molecule has 0 saturated heterocycles. The molecule has 7 nitrogen and oxygen atoms in total. The second-order valence-electron chi connectivity index (χ2n) is 10.0. The van der Waals surface area contributed by atoms with E-state index < -0.39 is 0 Å². The minimum absolute atomic E-state index is 0.215. The van der Waals surface area contributed by atoms with Crippen LogP contribution in [0.5, 0.6) is 0 Å². The van der Waals surface area contributed by atoms with Crippen molar-refractivity contribution in [3.8, 4) is 0 Å². The van der Waals surface area contributed by atoms with Crippen LogP contribution >= 0.6 is 0 Å². The van der Waals surface area contributed by atoms with E-state index in [1.54, 1.807) is 0 Å². The Kier molecular flexibility index (Phi) is 12.8. The number of hydrogen-bond donors (Lipinski definition) is 4. The van der Waals surface area contributed by atoms with E-state index >= 15 is 0 Å². The lowest BCUT2D eigenvalue weighted by molar-refractivity contribution is 0.175. The Labute approximate surface area is 207 Å². The number of hydrazone groups is 1. The topological polar surface area (TPSA) is 80.8 Å². The molecule has 34 heavy (non-hydrogen) atoms. The number of amidine groups is 1. The van der Waals surface area contributed by atoms with Gasteiger partial charge in [-0.2, -0.15) is 0 Å². The molecule has 1 aliphatic rings. The number of amides is 2. The third kappa shape index (κ3) is 9.92. The molecule has 0 atom stereocenters. The van der Waals surface area contributed by atoms with Gasteiger partial charge in [-0.3, -0.25) is 5.43 Å². The molecule has 4 N–H and O–H groups in total. The quantitative estimate of drug-likeness (QED) is 0.204. The fraction of sp³-hybridized carbons (Fsp3) is 0.704. The van der Waals surface area contributed by atoms with Crippen LogP contribution in [0.4, 0.5) is 10.5 Å². The van der Waals surface area contributed by atoms with Crippen LogP contribution in [-0.2, 0) is 0 Å². The average molecular weight is 473 g/mol. The van der Waals surface area contributed by atoms with E-state index in [-0.39, 0.29) is 6.03 Å². The minimum Gasteiger partial charge on any atom is -0.331 e. The third-order valence-corrected chi connectivity index (χ3v) is 6.33. The lowest BCUT2D eigenvalue weighted by Gasteiger charge is -2.20. The van der Waals surface area contributed by atoms with Crippen LogP contribution in [-0.4, -0.2) is 30.1 Å². The molecule has 0 aliphatic carbocycles. The third-order valence-electron chi connectivity index (χ3n) is 6.33. The number of unbranched alkanes of at least 4 members (excludes halogenated alkanes) is 9. The van der Waals surface area contributed by atoms with Crippen molar-refractivity contribution in [3.05, 3.63) is 29.3 Å². The second-order valence-corrected chi connectivity index (χ2v) is 10.0. The zero-order valence-electron chi connectivity index (χ0n) is 22.2. The zero-order chi connectivity index (χ0) is 24.8. The van der Waals surface area contributed by atoms with E-state index in [4.69, 9.17) is 0 Å². The first-order chi connectivity index (χ1) is 16.4. The summed E-state index contributed by atoms with van der Waals surface area (Å²) in [4.78, 5) is 12.6. The number of carbonyl (C=O) groups is 1. The van der Waals surface area contributed by atoms with Crippen molar-refractivity contribution in [1.82, 2.24) is 21.4 Å². The highest BCUT2D eigenvalue weighted by molar-refractivity contribution is 5.95. The van der Waals surface area contributed by atoms with Gasteiger partial charge in [-0.05, 0) is 29.4 Å². The molecule has 0 bridgehead atoms. The van der Waals surface area contributed by atoms with Crippen LogP contribution in [0, 0.1) is 0 Å². The minimum atomic E-state index is -0.215. The smallest absolute Gasteiger partial charge is 0.319 e. The first-order valence-corrected chi connectivity index (χ1v) is 13.5. The van der Waals surface area contributed by atoms with Gasteiger partial charge in [0.2, 0.25) is 0 Å². The number of rotatable bonds is 16. The summed E-state index contributed by atoms with van der Waals surface area (Å²) >= 11 is 0. The molecule has 0 aromatic heterocycles. The summed E-state index contributed by atoms with van der Waals surface area (Å²) in [5.74, 6) is 1.38. The fourth-order valence-corrected chi connectivity index (χ4v) is 4.29. The normalized spacial score (nSPS) is 13.7. The van der Waals surface area contributed by atoms with E-state index in [2.05, 4.69) is 79.5 Å². The van der Waals surface area contributed by atoms with Crippen molar-refractivity contribution in [2.24, 2.45) is 5.10 Å². The van der Waals surface area contributed by atoms with E-state index in [9.17, 15) is 4.79 Å². The molecule has 7 heteroatoms. The van der Waals surface area contributed by atoms with Crippen LogP contribution in [0.15, 0.2) is 23.3 Å². The summed E-state index contributed by atoms with van der Waals surface area (Å²) in [7, 11) is 0. The predicted molar refractivity (Wildman–Crippen MR) is 144 cm³/mol. The highest BCUT2D eigenvalue weighted by Crippen LogP contribution is 2.32. The molecule has 1 aromatic carbocycles. The summed E-state index contributed by atoms with van der Waals surface area (Å²) in [6.07, 6.45) is 13.2. The maximum Gasteiger partial charge on any atom is 0.319 e. The first kappa shape index (κ1) is 28.0. The lowest BCUT2D eigenvalue weighted by atomic mass is 9.93. The Morgan fingerprint density at radius 2 is 1.47 bits per heavy atom. The Morgan fingerprint density at radius 1 is 0.912 bits per heavy atom. The van der Waals surface area contributed by atoms with E-state index in [1.165, 1.54) is 57.8 Å². The van der Waals surface area contributed by atoms with Crippen LogP contribution in [0.2, 0.25) is 0 Å². The average Bonchev–Trinajstić information content (AvgIpc) is 3.26. The highest BCUT2D eigenvalue weighted by Gasteiger charge is 2.18. The first-order valence-electron chi connectivity index (χ1n) is 13.5. The Morgan fingerprint density at radius 3 is 2.03 bits per heavy atom. The molecule has 1 aromatic rings. The summed E-state index contributed by atoms with van der Waals surface area (Å²) < 4.78 is 0. The Bertz CT molecular complexity index is 735. The van der Waals surface area contributed by atoms with Crippen molar-refractivity contribution in [2.75, 3.05) is 18.4 Å². The summed E-state index contributed by atoms with van der Waals surface area (Å²) in [6, 6.07) is 6.03. The molecular formula is C27H48N6O. The number of benzene rings is 1. The largest absolute Gasteiger partial charge is 0.331 e. The highest BCUT2D eigenvalue weighted by atomic mass is 16.2. The number of hydrogen-bond acceptors (Lipinski definition) is 5. The standard InChI is InChI=1S/C27H48N6O/c1-6-7-8-9-10-11-12-13-14-15-19-33-31-25(30-32-33)20-28-27(34)29-26-23(21(2)3)17-16-18-24(26)22(4)5/h16-18,21-22,32H,6-15,19-20H2,1-5H3,(H,30,31)(H2,28,29,34). The van der Waals surface area contributed by atoms with Crippen molar-refractivity contribution in [3.63, 3.8) is 0 Å². The molecule has 0 unspecified atom stereocenters. The molecule has 0 spiro atoms. The van der Waals surface area contributed by atoms with Gasteiger partial charge in [0.05, 0.1) is 6.54 Å². The van der Waals surface area contributed by atoms with Crippen LogP contribution in [0.1, 0.15) is 122 Å². The molecule has 2 amide bonds. The monoisotopic (exact) mass is 472 g/mol. The Hall–Kier alpha value is -2.28. The van der Waals surface area contributed by atoms with Gasteiger partial charge in [0.15, 0.2) is 5.84 Å². The Balaban J connectivity index is 1.63. The van der Waals surface area contributed by atoms with Crippen LogP contribution in [0.3, 0.4) is 0 Å². The molecule has 0 radical (unpaired) electrons. The van der Waals surface area contributed by atoms with Gasteiger partial charge in [0.25, 0.3) is 0 Å². The van der Waals surface area contributed by atoms with Gasteiger partial charge in [-0.25, -0.2) is 10.3 Å². The van der Waals surface area contributed by atoms with Crippen molar-refractivity contribution >= 4 is 17.6 Å². The maximum atomic E-state index is 12.6. The van der Waals surface area contributed by atoms with Crippen LogP contribution < -0.4 is 21.6 Å². The predicted octanol–water partition coefficient (Wildman–Crippen LogP) is 6.61. The summed E-state index contributed by atoms with van der Waals surface area (Å²) in [6.45, 7) is 12.1. The fourth-order valence-electron chi connectivity index (χ4n) is 4.29. The number of urea groups is 1. The van der Waals surface area contributed by atoms with Crippen molar-refractivity contribution in [1.29, 1.82) is 0 Å². The number of hydrazine groups is 2. The number of nitrogens with zero attached hydrogens (tertiary/aromatic N) is 2. The number of para-hydroxylation sites is 1. The van der Waals surface area contributed by atoms with Gasteiger partial charge >= 0.3 is 6.03 Å². The maximum absolute atomic E-state index is 12.6. The van der Waals surface area contributed by atoms with Crippen molar-refractivity contribution in [2.45, 2.75) is 111 Å². The zero-order valence-corrected chi connectivity index (χ0v) is 22.2. The number of nitrogens with one attached hydrogen (secondary N) is 4. The molecule has 192 valence electrons. The van der Waals surface area contributed by atoms with E-state index in [0.29, 0.717) is 24.2 Å². The molecule has 0 saturated carbocycles. The summed E-state index contributed by atoms with van der Waals surface area (Å²) in [5.41, 5.74) is 9.46. The number of carbonyl (C=O) groups excluding carboxylic acids is 1. The molecular weight excluding hydrogens is 424 g/mol. The van der Waals surface area contributed by atoms with Gasteiger partial charge < -0.3 is 10.6 Å². The van der Waals surface area contributed by atoms with Gasteiger partial charge in [-0.15, -0.1) is 10.2 Å². The lowest BCUT2D eigenvalue weighted by Crippen LogP contribution is -2.45. The van der Waals surface area contributed by atoms with Gasteiger partial charge in [-0.1, -0.05) is 111 Å². The number of anilines is 1. The molecule has 1 aliphatic heterocycles. The van der Waals surface area contributed by atoms with Gasteiger partial charge in [0, 0.05) is 12.2 Å². The van der Waals surface area contributed by atoms with E-state index in [1.807, 2.05) is 5.12 Å². The molecule has 1 heterocycles. The van der Waals surface area contributed by atoms with Crippen molar-refractivity contribution < 1.29 is 4.79 Å². The molecule has 2 rings (SSSR count). The van der Waals surface area contributed by atoms with Gasteiger partial charge in [0.1, 0.15) is 0 Å². The molecule has 0 fully saturated rings. The SMILES string of the molecule is CCCCCCCCCCCCN1NN=C(CNC(=O)Nc2c(C(C)C)cccc2C(C)C)N1. The van der Waals surface area contributed by atoms with E-state index in [0.717, 1.165) is 29.8 Å². The second kappa shape index (κ2) is 15.6. The summed E-state index contributed by atoms with van der Waals surface area (Å²) in [5, 5.41) is 12.2. The van der Waals surface area contributed by atoms with Crippen LogP contribution in [0.25, 0.3) is 0 Å².